The summed E-state index contributed by atoms with van der Waals surface area (Å²) in [7, 11) is 1.48. The number of carbonyl (C=O) groups is 1. The van der Waals surface area contributed by atoms with E-state index < -0.39 is 29.3 Å². The molecular formula is C17H15F5N2O. The molecule has 2 aromatic carbocycles. The molecule has 2 rings (SSSR count). The Labute approximate surface area is 141 Å². The molecule has 2 aromatic rings. The Bertz CT molecular complexity index is 761. The summed E-state index contributed by atoms with van der Waals surface area (Å²) >= 11 is 0. The monoisotopic (exact) mass is 358 g/mol. The van der Waals surface area contributed by atoms with Gasteiger partial charge in [0, 0.05) is 18.3 Å². The third-order valence-electron chi connectivity index (χ3n) is 3.38. The van der Waals surface area contributed by atoms with E-state index in [0.29, 0.717) is 0 Å². The number of hydrogen-bond acceptors (Lipinski definition) is 2. The van der Waals surface area contributed by atoms with Crippen LogP contribution in [0.3, 0.4) is 0 Å². The first-order valence-corrected chi connectivity index (χ1v) is 7.25. The van der Waals surface area contributed by atoms with Gasteiger partial charge in [0.15, 0.2) is 11.6 Å². The molecule has 0 aliphatic carbocycles. The van der Waals surface area contributed by atoms with Crippen molar-refractivity contribution in [3.8, 4) is 0 Å². The number of alkyl halides is 3. The van der Waals surface area contributed by atoms with Gasteiger partial charge in [0.05, 0.1) is 12.1 Å². The van der Waals surface area contributed by atoms with Crippen molar-refractivity contribution in [1.29, 1.82) is 0 Å². The molecule has 3 nitrogen and oxygen atoms in total. The molecule has 0 bridgehead atoms. The summed E-state index contributed by atoms with van der Waals surface area (Å²) in [6, 6.07) is 7.98. The molecule has 0 aromatic heterocycles. The van der Waals surface area contributed by atoms with Crippen LogP contribution in [0, 0.1) is 11.6 Å². The molecule has 0 saturated carbocycles. The number of nitrogens with zero attached hydrogens (tertiary/aromatic N) is 1. The predicted molar refractivity (Wildman–Crippen MR) is 82.8 cm³/mol. The number of halogens is 5. The molecule has 1 amide bonds. The fraction of sp³-hybridized carbons (Fsp3) is 0.235. The molecule has 134 valence electrons. The van der Waals surface area contributed by atoms with Crippen LogP contribution < -0.4 is 5.32 Å². The molecule has 0 atom stereocenters. The third-order valence-corrected chi connectivity index (χ3v) is 3.38. The zero-order valence-electron chi connectivity index (χ0n) is 13.2. The van der Waals surface area contributed by atoms with Crippen molar-refractivity contribution >= 4 is 11.6 Å². The zero-order chi connectivity index (χ0) is 18.6. The van der Waals surface area contributed by atoms with Gasteiger partial charge in [-0.05, 0) is 30.8 Å². The number of nitrogens with one attached hydrogen (secondary N) is 1. The smallest absolute Gasteiger partial charge is 0.325 e. The Hall–Kier alpha value is -2.48. The predicted octanol–water partition coefficient (Wildman–Crippen LogP) is 4.05. The molecule has 25 heavy (non-hydrogen) atoms. The van der Waals surface area contributed by atoms with Crippen LogP contribution >= 0.6 is 0 Å². The highest BCUT2D eigenvalue weighted by molar-refractivity contribution is 5.92. The van der Waals surface area contributed by atoms with Crippen molar-refractivity contribution in [2.24, 2.45) is 0 Å². The minimum Gasteiger partial charge on any atom is -0.325 e. The molecule has 0 spiro atoms. The standard InChI is InChI=1S/C17H15F5N2O/c1-24(9-11-4-2-3-5-13(11)17(20,21)22)10-16(25)23-12-6-7-14(18)15(19)8-12/h2-8H,9-10H2,1H3,(H,23,25). The van der Waals surface area contributed by atoms with E-state index in [1.165, 1.54) is 36.2 Å². The molecule has 0 fully saturated rings. The summed E-state index contributed by atoms with van der Waals surface area (Å²) in [4.78, 5) is 13.3. The topological polar surface area (TPSA) is 32.3 Å². The summed E-state index contributed by atoms with van der Waals surface area (Å²) < 4.78 is 64.8. The maximum absolute atomic E-state index is 13.1. The van der Waals surface area contributed by atoms with E-state index in [1.54, 1.807) is 0 Å². The lowest BCUT2D eigenvalue weighted by Gasteiger charge is -2.19. The summed E-state index contributed by atoms with van der Waals surface area (Å²) in [6.45, 7) is -0.313. The maximum atomic E-state index is 13.1. The third kappa shape index (κ3) is 5.25. The molecule has 1 N–H and O–H groups in total. The van der Waals surface area contributed by atoms with Gasteiger partial charge in [0.2, 0.25) is 5.91 Å². The van der Waals surface area contributed by atoms with Crippen molar-refractivity contribution in [2.45, 2.75) is 12.7 Å². The first-order chi connectivity index (χ1) is 11.7. The van der Waals surface area contributed by atoms with Gasteiger partial charge in [-0.2, -0.15) is 13.2 Å². The summed E-state index contributed by atoms with van der Waals surface area (Å²) in [6.07, 6.45) is -4.48. The average Bonchev–Trinajstić information content (AvgIpc) is 2.50. The van der Waals surface area contributed by atoms with E-state index in [0.717, 1.165) is 18.2 Å². The second-order valence-corrected chi connectivity index (χ2v) is 5.50. The zero-order valence-corrected chi connectivity index (χ0v) is 13.2. The largest absolute Gasteiger partial charge is 0.416 e. The Morgan fingerprint density at radius 2 is 1.76 bits per heavy atom. The van der Waals surface area contributed by atoms with Gasteiger partial charge in [-0.1, -0.05) is 18.2 Å². The minimum atomic E-state index is -4.48. The van der Waals surface area contributed by atoms with Crippen LogP contribution in [-0.2, 0) is 17.5 Å². The minimum absolute atomic E-state index is 0.0399. The van der Waals surface area contributed by atoms with E-state index in [4.69, 9.17) is 0 Å². The molecule has 0 aliphatic heterocycles. The molecule has 0 heterocycles. The quantitative estimate of drug-likeness (QED) is 0.818. The Kier molecular flexibility index (Phi) is 5.73. The van der Waals surface area contributed by atoms with Crippen LogP contribution in [0.4, 0.5) is 27.6 Å². The van der Waals surface area contributed by atoms with Crippen molar-refractivity contribution < 1.29 is 26.7 Å². The highest BCUT2D eigenvalue weighted by atomic mass is 19.4. The second kappa shape index (κ2) is 7.60. The van der Waals surface area contributed by atoms with Gasteiger partial charge in [0.25, 0.3) is 0 Å². The van der Waals surface area contributed by atoms with Crippen LogP contribution in [0.15, 0.2) is 42.5 Å². The fourth-order valence-electron chi connectivity index (χ4n) is 2.30. The van der Waals surface area contributed by atoms with Crippen LogP contribution in [-0.4, -0.2) is 24.4 Å². The number of benzene rings is 2. The molecule has 0 aliphatic rings. The summed E-state index contributed by atoms with van der Waals surface area (Å²) in [5, 5.41) is 2.36. The average molecular weight is 358 g/mol. The van der Waals surface area contributed by atoms with Gasteiger partial charge < -0.3 is 5.32 Å². The number of hydrogen-bond donors (Lipinski definition) is 1. The first kappa shape index (κ1) is 18.9. The lowest BCUT2D eigenvalue weighted by Crippen LogP contribution is -2.30. The highest BCUT2D eigenvalue weighted by Gasteiger charge is 2.33. The van der Waals surface area contributed by atoms with E-state index >= 15 is 0 Å². The van der Waals surface area contributed by atoms with Crippen molar-refractivity contribution in [3.05, 3.63) is 65.2 Å². The van der Waals surface area contributed by atoms with E-state index in [-0.39, 0.29) is 24.3 Å². The van der Waals surface area contributed by atoms with E-state index in [9.17, 15) is 26.7 Å². The van der Waals surface area contributed by atoms with Crippen molar-refractivity contribution in [3.63, 3.8) is 0 Å². The van der Waals surface area contributed by atoms with Crippen LogP contribution in [0.2, 0.25) is 0 Å². The number of amides is 1. The number of anilines is 1. The first-order valence-electron chi connectivity index (χ1n) is 7.25. The lowest BCUT2D eigenvalue weighted by atomic mass is 10.1. The lowest BCUT2D eigenvalue weighted by molar-refractivity contribution is -0.138. The van der Waals surface area contributed by atoms with Gasteiger partial charge in [-0.15, -0.1) is 0 Å². The van der Waals surface area contributed by atoms with Crippen molar-refractivity contribution in [1.82, 2.24) is 4.90 Å². The number of likely N-dealkylation sites (N-methyl/N-ethyl adjacent to an activating group) is 1. The van der Waals surface area contributed by atoms with Crippen LogP contribution in [0.5, 0.6) is 0 Å². The Morgan fingerprint density at radius 1 is 1.08 bits per heavy atom. The normalized spacial score (nSPS) is 11.6. The molecule has 8 heteroatoms. The number of carbonyl (C=O) groups excluding carboxylic acids is 1. The fourth-order valence-corrected chi connectivity index (χ4v) is 2.30. The Morgan fingerprint density at radius 3 is 2.40 bits per heavy atom. The van der Waals surface area contributed by atoms with Gasteiger partial charge >= 0.3 is 6.18 Å². The maximum Gasteiger partial charge on any atom is 0.416 e. The van der Waals surface area contributed by atoms with Crippen molar-refractivity contribution in [2.75, 3.05) is 18.9 Å². The van der Waals surface area contributed by atoms with Crippen LogP contribution in [0.25, 0.3) is 0 Å². The molecular weight excluding hydrogens is 343 g/mol. The van der Waals surface area contributed by atoms with Gasteiger partial charge in [0.1, 0.15) is 0 Å². The second-order valence-electron chi connectivity index (χ2n) is 5.50. The Balaban J connectivity index is 1.99. The van der Waals surface area contributed by atoms with Gasteiger partial charge in [-0.25, -0.2) is 8.78 Å². The van der Waals surface area contributed by atoms with Crippen LogP contribution in [0.1, 0.15) is 11.1 Å². The molecule has 0 unspecified atom stereocenters. The van der Waals surface area contributed by atoms with E-state index in [2.05, 4.69) is 5.32 Å². The summed E-state index contributed by atoms with van der Waals surface area (Å²) in [5.74, 6) is -2.71. The molecule has 0 radical (unpaired) electrons. The number of rotatable bonds is 5. The molecule has 0 saturated heterocycles. The SMILES string of the molecule is CN(CC(=O)Nc1ccc(F)c(F)c1)Cc1ccccc1C(F)(F)F. The summed E-state index contributed by atoms with van der Waals surface area (Å²) in [5.41, 5.74) is -0.658. The van der Waals surface area contributed by atoms with Gasteiger partial charge in [-0.3, -0.25) is 9.69 Å². The highest BCUT2D eigenvalue weighted by Crippen LogP contribution is 2.32. The van der Waals surface area contributed by atoms with E-state index in [1.807, 2.05) is 0 Å².